The van der Waals surface area contributed by atoms with Crippen LogP contribution in [0.1, 0.15) is 45.7 Å². The minimum Gasteiger partial charge on any atom is -0.390 e. The number of fused-ring (bicyclic) bond motifs is 1. The highest BCUT2D eigenvalue weighted by Crippen LogP contribution is 2.36. The zero-order chi connectivity index (χ0) is 21.0. The van der Waals surface area contributed by atoms with Gasteiger partial charge < -0.3 is 24.5 Å². The molecule has 2 unspecified atom stereocenters. The van der Waals surface area contributed by atoms with Crippen molar-refractivity contribution in [3.05, 3.63) is 30.0 Å². The topological polar surface area (TPSA) is 79.5 Å². The van der Waals surface area contributed by atoms with E-state index in [2.05, 4.69) is 35.9 Å². The van der Waals surface area contributed by atoms with Gasteiger partial charge in [0, 0.05) is 41.9 Å². The second-order valence-corrected chi connectivity index (χ2v) is 8.69. The zero-order valence-corrected chi connectivity index (χ0v) is 18.1. The number of methoxy groups -OCH3 is 1. The molecule has 2 atom stereocenters. The van der Waals surface area contributed by atoms with E-state index in [4.69, 9.17) is 14.9 Å². The molecular weight excluding hydrogens is 366 g/mol. The van der Waals surface area contributed by atoms with Crippen molar-refractivity contribution in [2.24, 2.45) is 17.8 Å². The Morgan fingerprint density at radius 2 is 2.03 bits per heavy atom. The van der Waals surface area contributed by atoms with Crippen molar-refractivity contribution in [1.29, 1.82) is 5.41 Å². The average molecular weight is 402 g/mol. The van der Waals surface area contributed by atoms with Crippen LogP contribution in [-0.2, 0) is 22.6 Å². The molecule has 0 amide bonds. The Labute approximate surface area is 173 Å². The van der Waals surface area contributed by atoms with Crippen molar-refractivity contribution < 1.29 is 14.6 Å². The number of rotatable bonds is 11. The summed E-state index contributed by atoms with van der Waals surface area (Å²) in [5.41, 5.74) is 2.92. The van der Waals surface area contributed by atoms with E-state index in [9.17, 15) is 5.11 Å². The van der Waals surface area contributed by atoms with Crippen LogP contribution in [0.3, 0.4) is 0 Å². The molecule has 1 aromatic heterocycles. The Hall–Kier alpha value is -1.89. The van der Waals surface area contributed by atoms with E-state index in [1.54, 1.807) is 7.11 Å². The first-order valence-corrected chi connectivity index (χ1v) is 10.6. The summed E-state index contributed by atoms with van der Waals surface area (Å²) in [5, 5.41) is 22.6. The molecule has 0 bridgehead atoms. The van der Waals surface area contributed by atoms with Gasteiger partial charge in [-0.15, -0.1) is 0 Å². The summed E-state index contributed by atoms with van der Waals surface area (Å²) in [5.74, 6) is 1.63. The molecule has 0 radical (unpaired) electrons. The second-order valence-electron chi connectivity index (χ2n) is 8.69. The third kappa shape index (κ3) is 5.59. The number of amidine groups is 1. The van der Waals surface area contributed by atoms with Crippen molar-refractivity contribution >= 4 is 22.4 Å². The molecule has 3 rings (SSSR count). The smallest absolute Gasteiger partial charge is 0.146 e. The fourth-order valence-corrected chi connectivity index (χ4v) is 3.83. The summed E-state index contributed by atoms with van der Waals surface area (Å²) < 4.78 is 13.1. The SMILES string of the molecule is COCOC(CC1CC1)C(C)C(=N)Nc1ccc2c(c1)cc(CO)n2CC(C)C. The Balaban J connectivity index is 1.73. The van der Waals surface area contributed by atoms with Crippen LogP contribution in [0.5, 0.6) is 0 Å². The van der Waals surface area contributed by atoms with E-state index in [-0.39, 0.29) is 25.4 Å². The van der Waals surface area contributed by atoms with Crippen LogP contribution in [0, 0.1) is 23.2 Å². The Bertz CT molecular complexity index is 826. The third-order valence-corrected chi connectivity index (χ3v) is 5.65. The summed E-state index contributed by atoms with van der Waals surface area (Å²) in [4.78, 5) is 0. The van der Waals surface area contributed by atoms with Crippen LogP contribution in [-0.4, -0.2) is 35.5 Å². The summed E-state index contributed by atoms with van der Waals surface area (Å²) in [6.07, 6.45) is 3.49. The number of aromatic nitrogens is 1. The van der Waals surface area contributed by atoms with Gasteiger partial charge >= 0.3 is 0 Å². The predicted molar refractivity (Wildman–Crippen MR) is 117 cm³/mol. The van der Waals surface area contributed by atoms with Gasteiger partial charge in [-0.2, -0.15) is 0 Å². The van der Waals surface area contributed by atoms with Crippen LogP contribution in [0.2, 0.25) is 0 Å². The summed E-state index contributed by atoms with van der Waals surface area (Å²) >= 11 is 0. The maximum absolute atomic E-state index is 9.73. The molecule has 160 valence electrons. The monoisotopic (exact) mass is 401 g/mol. The first-order valence-electron chi connectivity index (χ1n) is 10.6. The van der Waals surface area contributed by atoms with Gasteiger partial charge in [0.15, 0.2) is 0 Å². The van der Waals surface area contributed by atoms with E-state index >= 15 is 0 Å². The van der Waals surface area contributed by atoms with Gasteiger partial charge in [0.25, 0.3) is 0 Å². The van der Waals surface area contributed by atoms with E-state index in [0.717, 1.165) is 41.2 Å². The number of ether oxygens (including phenoxy) is 2. The number of hydrogen-bond acceptors (Lipinski definition) is 4. The fraction of sp³-hybridized carbons (Fsp3) is 0.609. The molecule has 3 N–H and O–H groups in total. The quantitative estimate of drug-likeness (QED) is 0.292. The molecule has 0 spiro atoms. The molecule has 2 aromatic rings. The van der Waals surface area contributed by atoms with E-state index in [0.29, 0.717) is 11.8 Å². The van der Waals surface area contributed by atoms with E-state index < -0.39 is 0 Å². The zero-order valence-electron chi connectivity index (χ0n) is 18.1. The maximum atomic E-state index is 9.73. The first-order chi connectivity index (χ1) is 13.9. The van der Waals surface area contributed by atoms with Gasteiger partial charge in [-0.25, -0.2) is 0 Å². The molecule has 1 aliphatic rings. The highest BCUT2D eigenvalue weighted by Gasteiger charge is 2.31. The number of aliphatic hydroxyl groups is 1. The van der Waals surface area contributed by atoms with Crippen LogP contribution in [0.4, 0.5) is 5.69 Å². The number of anilines is 1. The molecule has 1 aliphatic carbocycles. The molecule has 1 saturated carbocycles. The van der Waals surface area contributed by atoms with Gasteiger partial charge in [-0.3, -0.25) is 5.41 Å². The Morgan fingerprint density at radius 1 is 1.28 bits per heavy atom. The number of aliphatic hydroxyl groups excluding tert-OH is 1. The lowest BCUT2D eigenvalue weighted by molar-refractivity contribution is -0.0846. The van der Waals surface area contributed by atoms with Crippen LogP contribution >= 0.6 is 0 Å². The molecule has 1 aromatic carbocycles. The maximum Gasteiger partial charge on any atom is 0.146 e. The van der Waals surface area contributed by atoms with Gasteiger partial charge in [-0.05, 0) is 42.5 Å². The second kappa shape index (κ2) is 9.74. The van der Waals surface area contributed by atoms with Crippen molar-refractivity contribution in [1.82, 2.24) is 4.57 Å². The minimum absolute atomic E-state index is 0.0145. The van der Waals surface area contributed by atoms with E-state index in [1.165, 1.54) is 12.8 Å². The van der Waals surface area contributed by atoms with Crippen molar-refractivity contribution in [2.45, 2.75) is 59.3 Å². The van der Waals surface area contributed by atoms with Gasteiger partial charge in [-0.1, -0.05) is 33.6 Å². The average Bonchev–Trinajstić information content (AvgIpc) is 3.45. The van der Waals surface area contributed by atoms with Crippen molar-refractivity contribution in [3.8, 4) is 0 Å². The van der Waals surface area contributed by atoms with Crippen LogP contribution in [0.15, 0.2) is 24.3 Å². The largest absolute Gasteiger partial charge is 0.390 e. The molecule has 6 nitrogen and oxygen atoms in total. The lowest BCUT2D eigenvalue weighted by Crippen LogP contribution is -2.33. The van der Waals surface area contributed by atoms with Gasteiger partial charge in [0.2, 0.25) is 0 Å². The molecule has 6 heteroatoms. The molecular formula is C23H35N3O3. The van der Waals surface area contributed by atoms with Gasteiger partial charge in [0.1, 0.15) is 12.6 Å². The molecule has 0 aliphatic heterocycles. The van der Waals surface area contributed by atoms with Crippen LogP contribution in [0.25, 0.3) is 10.9 Å². The standard InChI is InChI=1S/C23H35N3O3/c1-15(2)12-26-20(13-27)11-18-10-19(7-8-21(18)26)25-23(24)16(3)22(29-14-28-4)9-17-5-6-17/h7-8,10-11,15-17,22,27H,5-6,9,12-14H2,1-4H3,(H2,24,25). The molecule has 0 saturated heterocycles. The predicted octanol–water partition coefficient (Wildman–Crippen LogP) is 4.60. The molecule has 29 heavy (non-hydrogen) atoms. The number of nitrogens with one attached hydrogen (secondary N) is 2. The first kappa shape index (κ1) is 21.8. The molecule has 1 heterocycles. The highest BCUT2D eigenvalue weighted by molar-refractivity contribution is 5.97. The lowest BCUT2D eigenvalue weighted by atomic mass is 9.98. The lowest BCUT2D eigenvalue weighted by Gasteiger charge is -2.25. The third-order valence-electron chi connectivity index (χ3n) is 5.65. The van der Waals surface area contributed by atoms with Crippen LogP contribution < -0.4 is 5.32 Å². The minimum atomic E-state index is -0.0417. The fourth-order valence-electron chi connectivity index (χ4n) is 3.83. The number of hydrogen-bond donors (Lipinski definition) is 3. The number of nitrogens with zero attached hydrogens (tertiary/aromatic N) is 1. The summed E-state index contributed by atoms with van der Waals surface area (Å²) in [6, 6.07) is 8.17. The van der Waals surface area contributed by atoms with Gasteiger partial charge in [0.05, 0.1) is 12.7 Å². The Kier molecular flexibility index (Phi) is 7.33. The van der Waals surface area contributed by atoms with Crippen molar-refractivity contribution in [2.75, 3.05) is 19.2 Å². The highest BCUT2D eigenvalue weighted by atomic mass is 16.7. The van der Waals surface area contributed by atoms with Crippen molar-refractivity contribution in [3.63, 3.8) is 0 Å². The van der Waals surface area contributed by atoms with E-state index in [1.807, 2.05) is 19.1 Å². The molecule has 1 fully saturated rings. The normalized spacial score (nSPS) is 16.3. The number of benzene rings is 1. The summed E-state index contributed by atoms with van der Waals surface area (Å²) in [7, 11) is 1.63. The Morgan fingerprint density at radius 3 is 2.66 bits per heavy atom. The summed E-state index contributed by atoms with van der Waals surface area (Å²) in [6.45, 7) is 7.55.